The van der Waals surface area contributed by atoms with Gasteiger partial charge in [-0.05, 0) is 31.6 Å². The summed E-state index contributed by atoms with van der Waals surface area (Å²) in [6.45, 7) is 0.162. The number of halogens is 2. The molecule has 0 atom stereocenters. The van der Waals surface area contributed by atoms with Gasteiger partial charge in [-0.2, -0.15) is 0 Å². The number of aliphatic hydroxyl groups excluding tert-OH is 1. The number of aliphatic hydroxyl groups is 1. The second-order valence-corrected chi connectivity index (χ2v) is 5.47. The van der Waals surface area contributed by atoms with Crippen LogP contribution in [0, 0.1) is 17.6 Å². The summed E-state index contributed by atoms with van der Waals surface area (Å²) in [5.74, 6) is -1.44. The number of hydrogen-bond acceptors (Lipinski definition) is 3. The summed E-state index contributed by atoms with van der Waals surface area (Å²) in [5, 5.41) is 14.1. The molecule has 0 heterocycles. The van der Waals surface area contributed by atoms with Gasteiger partial charge in [0.05, 0.1) is 12.8 Å². The maximum atomic E-state index is 13.7. The molecular weight excluding hydrogens is 294 g/mol. The van der Waals surface area contributed by atoms with E-state index in [2.05, 4.69) is 15.4 Å². The first kappa shape index (κ1) is 16.5. The summed E-state index contributed by atoms with van der Waals surface area (Å²) in [5.41, 5.74) is -0.236. The van der Waals surface area contributed by atoms with Crippen molar-refractivity contribution in [2.24, 2.45) is 5.92 Å². The summed E-state index contributed by atoms with van der Waals surface area (Å²) < 4.78 is 31.9. The van der Waals surface area contributed by atoms with Crippen LogP contribution in [0.5, 0.6) is 5.75 Å². The molecule has 2 rings (SSSR count). The standard InChI is InChI=1S/C15H20F2N2O3/c1-22-14-7-11(16)13(6-12(14)17)19-15(21)18-10-4-2-9(8-20)3-5-10/h6-7,9-10,20H,2-5,8H2,1H3,(H2,18,19,21). The van der Waals surface area contributed by atoms with Crippen LogP contribution >= 0.6 is 0 Å². The van der Waals surface area contributed by atoms with E-state index < -0.39 is 17.7 Å². The van der Waals surface area contributed by atoms with E-state index in [4.69, 9.17) is 5.11 Å². The van der Waals surface area contributed by atoms with Crippen molar-refractivity contribution in [1.29, 1.82) is 0 Å². The predicted octanol–water partition coefficient (Wildman–Crippen LogP) is 2.65. The van der Waals surface area contributed by atoms with Gasteiger partial charge in [0.15, 0.2) is 17.4 Å². The van der Waals surface area contributed by atoms with Gasteiger partial charge in [-0.25, -0.2) is 13.6 Å². The highest BCUT2D eigenvalue weighted by atomic mass is 19.1. The minimum absolute atomic E-state index is 0.0195. The smallest absolute Gasteiger partial charge is 0.319 e. The van der Waals surface area contributed by atoms with Gasteiger partial charge >= 0.3 is 6.03 Å². The number of amides is 2. The third kappa shape index (κ3) is 4.07. The largest absolute Gasteiger partial charge is 0.494 e. The highest BCUT2D eigenvalue weighted by molar-refractivity contribution is 5.89. The number of urea groups is 1. The Kier molecular flexibility index (Phi) is 5.54. The Morgan fingerprint density at radius 1 is 1.27 bits per heavy atom. The maximum absolute atomic E-state index is 13.7. The molecule has 1 aliphatic carbocycles. The molecule has 122 valence electrons. The van der Waals surface area contributed by atoms with Gasteiger partial charge in [0.1, 0.15) is 0 Å². The van der Waals surface area contributed by atoms with Gasteiger partial charge in [-0.15, -0.1) is 0 Å². The van der Waals surface area contributed by atoms with E-state index in [1.54, 1.807) is 0 Å². The van der Waals surface area contributed by atoms with Gasteiger partial charge in [0.2, 0.25) is 0 Å². The summed E-state index contributed by atoms with van der Waals surface area (Å²) in [7, 11) is 1.24. The molecule has 2 amide bonds. The third-order valence-corrected chi connectivity index (χ3v) is 3.93. The lowest BCUT2D eigenvalue weighted by molar-refractivity contribution is 0.176. The number of carbonyl (C=O) groups excluding carboxylic acids is 1. The summed E-state index contributed by atoms with van der Waals surface area (Å²) in [4.78, 5) is 11.9. The Bertz CT molecular complexity index is 532. The molecule has 22 heavy (non-hydrogen) atoms. The van der Waals surface area contributed by atoms with Crippen LogP contribution in [0.2, 0.25) is 0 Å². The molecule has 3 N–H and O–H groups in total. The Morgan fingerprint density at radius 3 is 2.55 bits per heavy atom. The Labute approximate surface area is 127 Å². The van der Waals surface area contributed by atoms with Gasteiger partial charge in [-0.1, -0.05) is 0 Å². The normalized spacial score (nSPS) is 21.3. The van der Waals surface area contributed by atoms with E-state index in [1.807, 2.05) is 0 Å². The van der Waals surface area contributed by atoms with Crippen LogP contribution in [0.4, 0.5) is 19.3 Å². The van der Waals surface area contributed by atoms with Crippen molar-refractivity contribution in [2.75, 3.05) is 19.0 Å². The van der Waals surface area contributed by atoms with Crippen molar-refractivity contribution in [3.63, 3.8) is 0 Å². The molecular formula is C15H20F2N2O3. The number of carbonyl (C=O) groups is 1. The Balaban J connectivity index is 1.91. The van der Waals surface area contributed by atoms with Gasteiger partial charge < -0.3 is 20.5 Å². The molecule has 0 aliphatic heterocycles. The van der Waals surface area contributed by atoms with E-state index in [0.29, 0.717) is 0 Å². The number of hydrogen-bond donors (Lipinski definition) is 3. The molecule has 0 spiro atoms. The average Bonchev–Trinajstić information content (AvgIpc) is 2.51. The SMILES string of the molecule is COc1cc(F)c(NC(=O)NC2CCC(CO)CC2)cc1F. The minimum Gasteiger partial charge on any atom is -0.494 e. The van der Waals surface area contributed by atoms with Crippen LogP contribution in [0.3, 0.4) is 0 Å². The van der Waals surface area contributed by atoms with Crippen molar-refractivity contribution >= 4 is 11.7 Å². The number of rotatable bonds is 4. The van der Waals surface area contributed by atoms with Crippen LogP contribution < -0.4 is 15.4 Å². The first-order chi connectivity index (χ1) is 10.5. The van der Waals surface area contributed by atoms with E-state index in [1.165, 1.54) is 7.11 Å². The van der Waals surface area contributed by atoms with E-state index >= 15 is 0 Å². The van der Waals surface area contributed by atoms with Crippen molar-refractivity contribution < 1.29 is 23.4 Å². The fourth-order valence-corrected chi connectivity index (χ4v) is 2.61. The molecule has 0 radical (unpaired) electrons. The lowest BCUT2D eigenvalue weighted by Crippen LogP contribution is -2.40. The molecule has 0 saturated heterocycles. The molecule has 1 aromatic carbocycles. The van der Waals surface area contributed by atoms with Crippen molar-refractivity contribution in [3.8, 4) is 5.75 Å². The zero-order valence-corrected chi connectivity index (χ0v) is 12.4. The predicted molar refractivity (Wildman–Crippen MR) is 77.9 cm³/mol. The van der Waals surface area contributed by atoms with E-state index in [9.17, 15) is 13.6 Å². The summed E-state index contributed by atoms with van der Waals surface area (Å²) in [6, 6.07) is 1.18. The molecule has 0 aromatic heterocycles. The van der Waals surface area contributed by atoms with Crippen molar-refractivity contribution in [3.05, 3.63) is 23.8 Å². The summed E-state index contributed by atoms with van der Waals surface area (Å²) >= 11 is 0. The molecule has 1 aliphatic rings. The Morgan fingerprint density at radius 2 is 1.95 bits per heavy atom. The Hall–Kier alpha value is -1.89. The minimum atomic E-state index is -0.766. The first-order valence-electron chi connectivity index (χ1n) is 7.25. The molecule has 1 saturated carbocycles. The fourth-order valence-electron chi connectivity index (χ4n) is 2.61. The fraction of sp³-hybridized carbons (Fsp3) is 0.533. The van der Waals surface area contributed by atoms with E-state index in [-0.39, 0.29) is 30.0 Å². The summed E-state index contributed by atoms with van der Waals surface area (Å²) in [6.07, 6.45) is 3.20. The highest BCUT2D eigenvalue weighted by Crippen LogP contribution is 2.26. The monoisotopic (exact) mass is 314 g/mol. The molecule has 1 aromatic rings. The quantitative estimate of drug-likeness (QED) is 0.800. The molecule has 1 fully saturated rings. The van der Waals surface area contributed by atoms with Crippen molar-refractivity contribution in [2.45, 2.75) is 31.7 Å². The van der Waals surface area contributed by atoms with Crippen LogP contribution in [0.25, 0.3) is 0 Å². The number of methoxy groups -OCH3 is 1. The molecule has 5 nitrogen and oxygen atoms in total. The van der Waals surface area contributed by atoms with Crippen LogP contribution in [-0.4, -0.2) is 30.9 Å². The molecule has 0 bridgehead atoms. The molecule has 0 unspecified atom stereocenters. The average molecular weight is 314 g/mol. The number of benzene rings is 1. The topological polar surface area (TPSA) is 70.6 Å². The van der Waals surface area contributed by atoms with Crippen LogP contribution in [-0.2, 0) is 0 Å². The lowest BCUT2D eigenvalue weighted by Gasteiger charge is -2.28. The second kappa shape index (κ2) is 7.40. The van der Waals surface area contributed by atoms with Crippen LogP contribution in [0.15, 0.2) is 12.1 Å². The number of ether oxygens (including phenoxy) is 1. The zero-order chi connectivity index (χ0) is 16.1. The third-order valence-electron chi connectivity index (χ3n) is 3.93. The van der Waals surface area contributed by atoms with E-state index in [0.717, 1.165) is 37.8 Å². The lowest BCUT2D eigenvalue weighted by atomic mass is 9.87. The van der Waals surface area contributed by atoms with Gasteiger partial charge in [0, 0.05) is 24.8 Å². The second-order valence-electron chi connectivity index (χ2n) is 5.47. The van der Waals surface area contributed by atoms with Crippen LogP contribution in [0.1, 0.15) is 25.7 Å². The first-order valence-corrected chi connectivity index (χ1v) is 7.25. The number of nitrogens with one attached hydrogen (secondary N) is 2. The number of anilines is 1. The highest BCUT2D eigenvalue weighted by Gasteiger charge is 2.22. The molecule has 7 heteroatoms. The maximum Gasteiger partial charge on any atom is 0.319 e. The zero-order valence-electron chi connectivity index (χ0n) is 12.4. The van der Waals surface area contributed by atoms with Gasteiger partial charge in [0.25, 0.3) is 0 Å². The van der Waals surface area contributed by atoms with Gasteiger partial charge in [-0.3, -0.25) is 0 Å². The van der Waals surface area contributed by atoms with Crippen molar-refractivity contribution in [1.82, 2.24) is 5.32 Å².